The third-order valence-corrected chi connectivity index (χ3v) is 3.78. The second-order valence-corrected chi connectivity index (χ2v) is 5.60. The van der Waals surface area contributed by atoms with Crippen LogP contribution in [0.15, 0.2) is 54.6 Å². The van der Waals surface area contributed by atoms with Crippen molar-refractivity contribution in [2.24, 2.45) is 0 Å². The van der Waals surface area contributed by atoms with Crippen molar-refractivity contribution in [2.45, 2.75) is 19.4 Å². The van der Waals surface area contributed by atoms with Gasteiger partial charge in [-0.05, 0) is 23.8 Å². The van der Waals surface area contributed by atoms with E-state index in [1.54, 1.807) is 25.3 Å². The Balaban J connectivity index is 2.21. The third kappa shape index (κ3) is 5.21. The molecule has 2 rings (SSSR count). The molecule has 0 fully saturated rings. The Kier molecular flexibility index (Phi) is 6.97. The smallest absolute Gasteiger partial charge is 0.337 e. The molecule has 0 aromatic heterocycles. The number of hydrogen-bond acceptors (Lipinski definition) is 5. The van der Waals surface area contributed by atoms with Crippen molar-refractivity contribution in [3.05, 3.63) is 71.3 Å². The summed E-state index contributed by atoms with van der Waals surface area (Å²) in [5, 5.41) is 0. The summed E-state index contributed by atoms with van der Waals surface area (Å²) in [5.74, 6) is -0.112. The average Bonchev–Trinajstić information content (AvgIpc) is 2.66. The minimum absolute atomic E-state index is 0.336. The van der Waals surface area contributed by atoms with Gasteiger partial charge in [-0.1, -0.05) is 42.5 Å². The van der Waals surface area contributed by atoms with Gasteiger partial charge in [0.05, 0.1) is 19.8 Å². The van der Waals surface area contributed by atoms with Crippen molar-refractivity contribution in [2.75, 3.05) is 14.2 Å². The number of methoxy groups -OCH3 is 2. The maximum atomic E-state index is 11.7. The molecule has 0 heterocycles. The molecule has 1 unspecified atom stereocenters. The standard InChI is InChI=1S/C21H22O5/c1-15(22)26-20(16-8-5-4-6-9-16)11-7-10-17-14-18(21(23)25-3)12-13-19(17)24-2/h4-10,12-14,20H,11H2,1-3H3/b10-7-. The lowest BCUT2D eigenvalue weighted by molar-refractivity contribution is -0.146. The molecular weight excluding hydrogens is 332 g/mol. The quantitative estimate of drug-likeness (QED) is 0.698. The molecule has 5 nitrogen and oxygen atoms in total. The normalized spacial score (nSPS) is 11.8. The predicted octanol–water partition coefficient (Wildman–Crippen LogP) is 4.19. The molecule has 26 heavy (non-hydrogen) atoms. The number of carbonyl (C=O) groups excluding carboxylic acids is 2. The monoisotopic (exact) mass is 354 g/mol. The molecule has 0 amide bonds. The van der Waals surface area contributed by atoms with E-state index in [1.807, 2.05) is 42.5 Å². The van der Waals surface area contributed by atoms with Gasteiger partial charge in [0.25, 0.3) is 0 Å². The van der Waals surface area contributed by atoms with E-state index < -0.39 is 5.97 Å². The second-order valence-electron chi connectivity index (χ2n) is 5.60. The number of ether oxygens (including phenoxy) is 3. The van der Waals surface area contributed by atoms with Gasteiger partial charge < -0.3 is 14.2 Å². The minimum Gasteiger partial charge on any atom is -0.496 e. The van der Waals surface area contributed by atoms with Crippen molar-refractivity contribution >= 4 is 18.0 Å². The highest BCUT2D eigenvalue weighted by atomic mass is 16.5. The first-order valence-corrected chi connectivity index (χ1v) is 8.20. The fraction of sp³-hybridized carbons (Fsp3) is 0.238. The molecule has 0 aliphatic rings. The average molecular weight is 354 g/mol. The summed E-state index contributed by atoms with van der Waals surface area (Å²) >= 11 is 0. The summed E-state index contributed by atoms with van der Waals surface area (Å²) in [4.78, 5) is 23.1. The summed E-state index contributed by atoms with van der Waals surface area (Å²) in [5.41, 5.74) is 2.10. The van der Waals surface area contributed by atoms with E-state index in [9.17, 15) is 9.59 Å². The van der Waals surface area contributed by atoms with Gasteiger partial charge in [0.1, 0.15) is 11.9 Å². The summed E-state index contributed by atoms with van der Waals surface area (Å²) in [6.45, 7) is 1.39. The number of benzene rings is 2. The first-order chi connectivity index (χ1) is 12.5. The van der Waals surface area contributed by atoms with Gasteiger partial charge in [-0.2, -0.15) is 0 Å². The molecule has 0 aliphatic carbocycles. The Morgan fingerprint density at radius 1 is 1.08 bits per heavy atom. The van der Waals surface area contributed by atoms with Crippen LogP contribution < -0.4 is 4.74 Å². The maximum Gasteiger partial charge on any atom is 0.337 e. The predicted molar refractivity (Wildman–Crippen MR) is 98.9 cm³/mol. The van der Waals surface area contributed by atoms with Crippen LogP contribution in [-0.4, -0.2) is 26.2 Å². The SMILES string of the molecule is COC(=O)c1ccc(OC)c(/C=C\CC(OC(C)=O)c2ccccc2)c1. The minimum atomic E-state index is -0.413. The van der Waals surface area contributed by atoms with E-state index in [0.29, 0.717) is 17.7 Å². The van der Waals surface area contributed by atoms with Crippen molar-refractivity contribution in [1.29, 1.82) is 0 Å². The van der Waals surface area contributed by atoms with Crippen molar-refractivity contribution in [1.82, 2.24) is 0 Å². The molecule has 136 valence electrons. The van der Waals surface area contributed by atoms with Gasteiger partial charge >= 0.3 is 11.9 Å². The van der Waals surface area contributed by atoms with E-state index in [0.717, 1.165) is 11.1 Å². The Labute approximate surface area is 153 Å². The van der Waals surface area contributed by atoms with E-state index in [1.165, 1.54) is 14.0 Å². The Morgan fingerprint density at radius 2 is 1.81 bits per heavy atom. The van der Waals surface area contributed by atoms with E-state index in [2.05, 4.69) is 0 Å². The molecule has 0 bridgehead atoms. The molecule has 0 aliphatic heterocycles. The molecule has 0 saturated heterocycles. The van der Waals surface area contributed by atoms with Crippen LogP contribution in [0.1, 0.15) is 40.9 Å². The zero-order valence-electron chi connectivity index (χ0n) is 15.1. The fourth-order valence-corrected chi connectivity index (χ4v) is 2.55. The van der Waals surface area contributed by atoms with E-state index in [4.69, 9.17) is 14.2 Å². The maximum absolute atomic E-state index is 11.7. The van der Waals surface area contributed by atoms with Crippen molar-refractivity contribution < 1.29 is 23.8 Å². The highest BCUT2D eigenvalue weighted by Gasteiger charge is 2.13. The molecule has 1 atom stereocenters. The molecule has 2 aromatic carbocycles. The number of rotatable bonds is 7. The molecule has 0 N–H and O–H groups in total. The van der Waals surface area contributed by atoms with Crippen LogP contribution in [0.4, 0.5) is 0 Å². The number of esters is 2. The molecule has 0 spiro atoms. The van der Waals surface area contributed by atoms with E-state index >= 15 is 0 Å². The van der Waals surface area contributed by atoms with Gasteiger partial charge in [-0.25, -0.2) is 4.79 Å². The van der Waals surface area contributed by atoms with Crippen molar-refractivity contribution in [3.8, 4) is 5.75 Å². The number of hydrogen-bond donors (Lipinski definition) is 0. The Morgan fingerprint density at radius 3 is 2.42 bits per heavy atom. The summed E-state index contributed by atoms with van der Waals surface area (Å²) < 4.78 is 15.5. The van der Waals surface area contributed by atoms with Crippen LogP contribution in [0, 0.1) is 0 Å². The van der Waals surface area contributed by atoms with Crippen LogP contribution in [0.2, 0.25) is 0 Å². The van der Waals surface area contributed by atoms with Crippen molar-refractivity contribution in [3.63, 3.8) is 0 Å². The Bertz CT molecular complexity index is 780. The molecule has 0 radical (unpaired) electrons. The molecule has 5 heteroatoms. The summed E-state index contributed by atoms with van der Waals surface area (Å²) in [7, 11) is 2.90. The van der Waals surface area contributed by atoms with Gasteiger partial charge in [0.15, 0.2) is 0 Å². The van der Waals surface area contributed by atoms with Gasteiger partial charge in [-0.15, -0.1) is 0 Å². The third-order valence-electron chi connectivity index (χ3n) is 3.78. The Hall–Kier alpha value is -3.08. The first kappa shape index (κ1) is 19.2. The largest absolute Gasteiger partial charge is 0.496 e. The molecule has 2 aromatic rings. The zero-order valence-corrected chi connectivity index (χ0v) is 15.1. The van der Waals surface area contributed by atoms with Gasteiger partial charge in [0.2, 0.25) is 0 Å². The fourth-order valence-electron chi connectivity index (χ4n) is 2.55. The number of carbonyl (C=O) groups is 2. The summed E-state index contributed by atoms with van der Waals surface area (Å²) in [6.07, 6.45) is 3.85. The van der Waals surface area contributed by atoms with Crippen LogP contribution in [0.25, 0.3) is 6.08 Å². The van der Waals surface area contributed by atoms with Crippen LogP contribution in [-0.2, 0) is 14.3 Å². The highest BCUT2D eigenvalue weighted by Crippen LogP contribution is 2.25. The highest BCUT2D eigenvalue weighted by molar-refractivity contribution is 5.90. The van der Waals surface area contributed by atoms with Crippen LogP contribution in [0.5, 0.6) is 5.75 Å². The second kappa shape index (κ2) is 9.42. The first-order valence-electron chi connectivity index (χ1n) is 8.20. The van der Waals surface area contributed by atoms with Crippen LogP contribution >= 0.6 is 0 Å². The van der Waals surface area contributed by atoms with E-state index in [-0.39, 0.29) is 12.1 Å². The molecule has 0 saturated carbocycles. The van der Waals surface area contributed by atoms with Gasteiger partial charge in [0, 0.05) is 18.9 Å². The lowest BCUT2D eigenvalue weighted by atomic mass is 10.0. The van der Waals surface area contributed by atoms with Gasteiger partial charge in [-0.3, -0.25) is 4.79 Å². The lowest BCUT2D eigenvalue weighted by Crippen LogP contribution is -2.07. The molecular formula is C21H22O5. The summed E-state index contributed by atoms with van der Waals surface area (Å²) in [6, 6.07) is 14.6. The lowest BCUT2D eigenvalue weighted by Gasteiger charge is -2.15. The topological polar surface area (TPSA) is 61.8 Å². The van der Waals surface area contributed by atoms with Crippen LogP contribution in [0.3, 0.4) is 0 Å². The zero-order chi connectivity index (χ0) is 18.9.